The third-order valence-electron chi connectivity index (χ3n) is 3.10. The number of benzene rings is 2. The summed E-state index contributed by atoms with van der Waals surface area (Å²) in [5.41, 5.74) is 3.91. The molecule has 3 aromatic rings. The fourth-order valence-electron chi connectivity index (χ4n) is 2.15. The number of aromatic nitrogens is 3. The number of para-hydroxylation sites is 1. The van der Waals surface area contributed by atoms with Crippen LogP contribution in [0.5, 0.6) is 0 Å². The Labute approximate surface area is 111 Å². The van der Waals surface area contributed by atoms with Gasteiger partial charge in [-0.15, -0.1) is 10.2 Å². The van der Waals surface area contributed by atoms with Crippen molar-refractivity contribution in [2.45, 2.75) is 12.8 Å². The van der Waals surface area contributed by atoms with Gasteiger partial charge in [0, 0.05) is 6.61 Å². The summed E-state index contributed by atoms with van der Waals surface area (Å²) in [7, 11) is 0. The smallest absolute Gasteiger partial charge is 0.113 e. The van der Waals surface area contributed by atoms with E-state index in [1.165, 1.54) is 0 Å². The van der Waals surface area contributed by atoms with Crippen molar-refractivity contribution in [3.8, 4) is 5.69 Å². The molecule has 0 spiro atoms. The highest BCUT2D eigenvalue weighted by Gasteiger charge is 2.07. The number of hydrogen-bond acceptors (Lipinski definition) is 3. The van der Waals surface area contributed by atoms with Gasteiger partial charge in [0.05, 0.1) is 5.69 Å². The highest BCUT2D eigenvalue weighted by Crippen LogP contribution is 2.17. The SMILES string of the molecule is OCCCc1ccccc1-n1nc2ccccc2n1. The Balaban J connectivity index is 2.05. The van der Waals surface area contributed by atoms with Gasteiger partial charge < -0.3 is 5.11 Å². The van der Waals surface area contributed by atoms with E-state index in [0.29, 0.717) is 0 Å². The van der Waals surface area contributed by atoms with Crippen molar-refractivity contribution >= 4 is 11.0 Å². The van der Waals surface area contributed by atoms with Gasteiger partial charge in [-0.1, -0.05) is 30.3 Å². The van der Waals surface area contributed by atoms with Crippen molar-refractivity contribution in [3.63, 3.8) is 0 Å². The van der Waals surface area contributed by atoms with Crippen LogP contribution in [0, 0.1) is 0 Å². The lowest BCUT2D eigenvalue weighted by atomic mass is 10.1. The van der Waals surface area contributed by atoms with Gasteiger partial charge in [-0.3, -0.25) is 0 Å². The first kappa shape index (κ1) is 11.9. The maximum absolute atomic E-state index is 8.97. The molecule has 0 amide bonds. The van der Waals surface area contributed by atoms with Gasteiger partial charge in [-0.05, 0) is 36.6 Å². The minimum absolute atomic E-state index is 0.197. The summed E-state index contributed by atoms with van der Waals surface area (Å²) >= 11 is 0. The number of aliphatic hydroxyl groups excluding tert-OH is 1. The van der Waals surface area contributed by atoms with Gasteiger partial charge in [0.15, 0.2) is 0 Å². The second kappa shape index (κ2) is 5.20. The van der Waals surface area contributed by atoms with Crippen LogP contribution in [-0.4, -0.2) is 26.7 Å². The van der Waals surface area contributed by atoms with E-state index in [0.717, 1.165) is 35.1 Å². The molecular weight excluding hydrogens is 238 g/mol. The summed E-state index contributed by atoms with van der Waals surface area (Å²) in [4.78, 5) is 1.68. The Hall–Kier alpha value is -2.20. The Morgan fingerprint density at radius 2 is 1.53 bits per heavy atom. The third-order valence-corrected chi connectivity index (χ3v) is 3.10. The molecule has 19 heavy (non-hydrogen) atoms. The van der Waals surface area contributed by atoms with E-state index in [4.69, 9.17) is 5.11 Å². The first-order chi connectivity index (χ1) is 9.38. The van der Waals surface area contributed by atoms with Crippen molar-refractivity contribution in [2.24, 2.45) is 0 Å². The fourth-order valence-corrected chi connectivity index (χ4v) is 2.15. The van der Waals surface area contributed by atoms with Crippen LogP contribution in [0.3, 0.4) is 0 Å². The maximum Gasteiger partial charge on any atom is 0.113 e. The van der Waals surface area contributed by atoms with Crippen LogP contribution in [0.1, 0.15) is 12.0 Å². The Kier molecular flexibility index (Phi) is 3.25. The number of aryl methyl sites for hydroxylation is 1. The van der Waals surface area contributed by atoms with Crippen LogP contribution >= 0.6 is 0 Å². The number of nitrogens with zero attached hydrogens (tertiary/aromatic N) is 3. The largest absolute Gasteiger partial charge is 0.396 e. The van der Waals surface area contributed by atoms with Crippen LogP contribution in [0.25, 0.3) is 16.7 Å². The first-order valence-corrected chi connectivity index (χ1v) is 6.40. The van der Waals surface area contributed by atoms with Gasteiger partial charge in [0.2, 0.25) is 0 Å². The van der Waals surface area contributed by atoms with Gasteiger partial charge >= 0.3 is 0 Å². The standard InChI is InChI=1S/C15H15N3O/c19-11-5-7-12-6-1-4-10-15(12)18-16-13-8-2-3-9-14(13)17-18/h1-4,6,8-10,19H,5,7,11H2. The van der Waals surface area contributed by atoms with Crippen molar-refractivity contribution in [3.05, 3.63) is 54.1 Å². The van der Waals surface area contributed by atoms with Gasteiger partial charge in [0.1, 0.15) is 11.0 Å². The Morgan fingerprint density at radius 1 is 0.895 bits per heavy atom. The van der Waals surface area contributed by atoms with Crippen molar-refractivity contribution < 1.29 is 5.11 Å². The van der Waals surface area contributed by atoms with Crippen LogP contribution < -0.4 is 0 Å². The zero-order valence-electron chi connectivity index (χ0n) is 10.5. The van der Waals surface area contributed by atoms with E-state index >= 15 is 0 Å². The van der Waals surface area contributed by atoms with Crippen LogP contribution in [0.4, 0.5) is 0 Å². The molecule has 0 bridgehead atoms. The van der Waals surface area contributed by atoms with Crippen LogP contribution in [-0.2, 0) is 6.42 Å². The molecule has 0 saturated heterocycles. The normalized spacial score (nSPS) is 11.0. The topological polar surface area (TPSA) is 50.9 Å². The lowest BCUT2D eigenvalue weighted by molar-refractivity contribution is 0.288. The lowest BCUT2D eigenvalue weighted by Gasteiger charge is -2.07. The van der Waals surface area contributed by atoms with Gasteiger partial charge in [-0.2, -0.15) is 4.80 Å². The predicted molar refractivity (Wildman–Crippen MR) is 74.3 cm³/mol. The zero-order valence-corrected chi connectivity index (χ0v) is 10.5. The highest BCUT2D eigenvalue weighted by molar-refractivity contribution is 5.73. The lowest BCUT2D eigenvalue weighted by Crippen LogP contribution is -2.03. The molecule has 96 valence electrons. The molecule has 0 unspecified atom stereocenters. The molecule has 0 aliphatic carbocycles. The summed E-state index contributed by atoms with van der Waals surface area (Å²) in [6.07, 6.45) is 1.57. The van der Waals surface area contributed by atoms with Gasteiger partial charge in [0.25, 0.3) is 0 Å². The van der Waals surface area contributed by atoms with E-state index in [1.54, 1.807) is 4.80 Å². The molecule has 4 heteroatoms. The minimum Gasteiger partial charge on any atom is -0.396 e. The Bertz CT molecular complexity index is 657. The van der Waals surface area contributed by atoms with Crippen LogP contribution in [0.2, 0.25) is 0 Å². The number of rotatable bonds is 4. The fraction of sp³-hybridized carbons (Fsp3) is 0.200. The molecular formula is C15H15N3O. The molecule has 0 fully saturated rings. The molecule has 0 saturated carbocycles. The number of fused-ring (bicyclic) bond motifs is 1. The summed E-state index contributed by atoms with van der Waals surface area (Å²) < 4.78 is 0. The maximum atomic E-state index is 8.97. The monoisotopic (exact) mass is 253 g/mol. The second-order valence-corrected chi connectivity index (χ2v) is 4.43. The molecule has 4 nitrogen and oxygen atoms in total. The third kappa shape index (κ3) is 2.35. The second-order valence-electron chi connectivity index (χ2n) is 4.43. The summed E-state index contributed by atoms with van der Waals surface area (Å²) in [6, 6.07) is 15.9. The van der Waals surface area contributed by atoms with E-state index in [-0.39, 0.29) is 6.61 Å². The summed E-state index contributed by atoms with van der Waals surface area (Å²) in [5, 5.41) is 18.0. The molecule has 1 aromatic heterocycles. The zero-order chi connectivity index (χ0) is 13.1. The average Bonchev–Trinajstić information content (AvgIpc) is 2.89. The molecule has 2 aromatic carbocycles. The first-order valence-electron chi connectivity index (χ1n) is 6.40. The van der Waals surface area contributed by atoms with Crippen molar-refractivity contribution in [1.82, 2.24) is 15.0 Å². The summed E-state index contributed by atoms with van der Waals surface area (Å²) in [5.74, 6) is 0. The molecule has 0 aliphatic heterocycles. The molecule has 0 atom stereocenters. The number of aliphatic hydroxyl groups is 1. The molecule has 0 aliphatic rings. The quantitative estimate of drug-likeness (QED) is 0.776. The van der Waals surface area contributed by atoms with Crippen LogP contribution in [0.15, 0.2) is 48.5 Å². The highest BCUT2D eigenvalue weighted by atomic mass is 16.2. The molecule has 0 radical (unpaired) electrons. The minimum atomic E-state index is 0.197. The number of hydrogen-bond donors (Lipinski definition) is 1. The van der Waals surface area contributed by atoms with Crippen molar-refractivity contribution in [2.75, 3.05) is 6.61 Å². The van der Waals surface area contributed by atoms with E-state index < -0.39 is 0 Å². The summed E-state index contributed by atoms with van der Waals surface area (Å²) in [6.45, 7) is 0.197. The molecule has 1 N–H and O–H groups in total. The van der Waals surface area contributed by atoms with Gasteiger partial charge in [-0.25, -0.2) is 0 Å². The van der Waals surface area contributed by atoms with E-state index in [2.05, 4.69) is 16.3 Å². The predicted octanol–water partition coefficient (Wildman–Crippen LogP) is 2.35. The Morgan fingerprint density at radius 3 is 2.21 bits per heavy atom. The van der Waals surface area contributed by atoms with E-state index in [9.17, 15) is 0 Å². The molecule has 3 rings (SSSR count). The van der Waals surface area contributed by atoms with E-state index in [1.807, 2.05) is 42.5 Å². The van der Waals surface area contributed by atoms with Crippen molar-refractivity contribution in [1.29, 1.82) is 0 Å². The molecule has 1 heterocycles. The average molecular weight is 253 g/mol.